The van der Waals surface area contributed by atoms with E-state index in [4.69, 9.17) is 4.74 Å². The summed E-state index contributed by atoms with van der Waals surface area (Å²) in [4.78, 5) is 36.3. The Balaban J connectivity index is 1.74. The molecule has 0 N–H and O–H groups in total. The van der Waals surface area contributed by atoms with Crippen LogP contribution in [0.3, 0.4) is 0 Å². The van der Waals surface area contributed by atoms with Crippen LogP contribution >= 0.6 is 0 Å². The summed E-state index contributed by atoms with van der Waals surface area (Å²) in [6.45, 7) is 2.30. The van der Waals surface area contributed by atoms with Crippen molar-refractivity contribution in [1.82, 2.24) is 0 Å². The average molecular weight is 354 g/mol. The summed E-state index contributed by atoms with van der Waals surface area (Å²) in [5.74, 6) is -0.502. The standard InChI is InChI=1S/C19H18N2O5/c1-13(14-5-2-8-17(11-14)21(24)25)26-19(23)15-6-3-7-16(12-15)20-10-4-9-18(20)22/h2-3,5-8,11-13H,4,9-10H2,1H3/t13-/m0/s1. The highest BCUT2D eigenvalue weighted by Gasteiger charge is 2.23. The van der Waals surface area contributed by atoms with Crippen LogP contribution < -0.4 is 4.90 Å². The van der Waals surface area contributed by atoms with Crippen LogP contribution in [0.5, 0.6) is 0 Å². The van der Waals surface area contributed by atoms with Crippen LogP contribution in [-0.2, 0) is 9.53 Å². The molecule has 0 spiro atoms. The highest BCUT2D eigenvalue weighted by molar-refractivity contribution is 5.97. The zero-order chi connectivity index (χ0) is 18.7. The molecule has 1 atom stereocenters. The summed E-state index contributed by atoms with van der Waals surface area (Å²) in [5.41, 5.74) is 1.49. The maximum absolute atomic E-state index is 12.4. The lowest BCUT2D eigenvalue weighted by molar-refractivity contribution is -0.385. The lowest BCUT2D eigenvalue weighted by Gasteiger charge is -2.17. The van der Waals surface area contributed by atoms with Crippen LogP contribution in [0.1, 0.15) is 41.8 Å². The van der Waals surface area contributed by atoms with Crippen molar-refractivity contribution >= 4 is 23.3 Å². The van der Waals surface area contributed by atoms with Gasteiger partial charge in [-0.2, -0.15) is 0 Å². The second-order valence-electron chi connectivity index (χ2n) is 6.10. The van der Waals surface area contributed by atoms with Crippen LogP contribution in [0.4, 0.5) is 11.4 Å². The molecular weight excluding hydrogens is 336 g/mol. The molecule has 26 heavy (non-hydrogen) atoms. The van der Waals surface area contributed by atoms with Gasteiger partial charge in [-0.15, -0.1) is 0 Å². The molecule has 3 rings (SSSR count). The van der Waals surface area contributed by atoms with E-state index in [0.717, 1.165) is 6.42 Å². The Morgan fingerprint density at radius 3 is 2.69 bits per heavy atom. The number of anilines is 1. The van der Waals surface area contributed by atoms with E-state index in [0.29, 0.717) is 29.8 Å². The molecule has 1 amide bonds. The normalized spacial score (nSPS) is 15.0. The second-order valence-corrected chi connectivity index (χ2v) is 6.10. The van der Waals surface area contributed by atoms with Crippen LogP contribution in [0.25, 0.3) is 0 Å². The first-order chi connectivity index (χ1) is 12.5. The number of nitro benzene ring substituents is 1. The predicted molar refractivity (Wildman–Crippen MR) is 95.0 cm³/mol. The first-order valence-corrected chi connectivity index (χ1v) is 8.31. The number of hydrogen-bond donors (Lipinski definition) is 0. The molecule has 0 aromatic heterocycles. The van der Waals surface area contributed by atoms with Gasteiger partial charge in [-0.3, -0.25) is 14.9 Å². The van der Waals surface area contributed by atoms with Gasteiger partial charge in [0, 0.05) is 30.8 Å². The van der Waals surface area contributed by atoms with Gasteiger partial charge >= 0.3 is 5.97 Å². The molecule has 1 heterocycles. The van der Waals surface area contributed by atoms with E-state index in [9.17, 15) is 19.7 Å². The van der Waals surface area contributed by atoms with Gasteiger partial charge < -0.3 is 9.64 Å². The number of rotatable bonds is 5. The van der Waals surface area contributed by atoms with Crippen molar-refractivity contribution in [3.05, 3.63) is 69.8 Å². The van der Waals surface area contributed by atoms with Crippen LogP contribution in [0, 0.1) is 10.1 Å². The average Bonchev–Trinajstić information content (AvgIpc) is 3.07. The summed E-state index contributed by atoms with van der Waals surface area (Å²) in [7, 11) is 0. The maximum atomic E-state index is 12.4. The molecule has 0 aliphatic carbocycles. The minimum Gasteiger partial charge on any atom is -0.454 e. The van der Waals surface area contributed by atoms with E-state index >= 15 is 0 Å². The van der Waals surface area contributed by atoms with Crippen LogP contribution in [0.15, 0.2) is 48.5 Å². The van der Waals surface area contributed by atoms with Crippen LogP contribution in [0.2, 0.25) is 0 Å². The van der Waals surface area contributed by atoms with Gasteiger partial charge in [-0.05, 0) is 37.1 Å². The molecule has 2 aromatic carbocycles. The van der Waals surface area contributed by atoms with Crippen molar-refractivity contribution in [2.24, 2.45) is 0 Å². The highest BCUT2D eigenvalue weighted by Crippen LogP contribution is 2.25. The monoisotopic (exact) mass is 354 g/mol. The fourth-order valence-corrected chi connectivity index (χ4v) is 2.91. The van der Waals surface area contributed by atoms with Gasteiger partial charge in [-0.25, -0.2) is 4.79 Å². The molecule has 0 bridgehead atoms. The quantitative estimate of drug-likeness (QED) is 0.464. The highest BCUT2D eigenvalue weighted by atomic mass is 16.6. The first kappa shape index (κ1) is 17.6. The molecule has 7 nitrogen and oxygen atoms in total. The van der Waals surface area contributed by atoms with E-state index in [1.165, 1.54) is 12.1 Å². The molecule has 1 fully saturated rings. The third-order valence-corrected chi connectivity index (χ3v) is 4.30. The molecule has 0 radical (unpaired) electrons. The van der Waals surface area contributed by atoms with Gasteiger partial charge in [0.15, 0.2) is 0 Å². The zero-order valence-corrected chi connectivity index (χ0v) is 14.3. The minimum absolute atomic E-state index is 0.0421. The summed E-state index contributed by atoms with van der Waals surface area (Å²) < 4.78 is 5.44. The number of benzene rings is 2. The molecular formula is C19H18N2O5. The topological polar surface area (TPSA) is 89.8 Å². The molecule has 1 saturated heterocycles. The number of amides is 1. The van der Waals surface area contributed by atoms with Gasteiger partial charge in [0.25, 0.3) is 5.69 Å². The first-order valence-electron chi connectivity index (χ1n) is 8.31. The van der Waals surface area contributed by atoms with E-state index < -0.39 is 17.0 Å². The van der Waals surface area contributed by atoms with E-state index in [1.807, 2.05) is 0 Å². The summed E-state index contributed by atoms with van der Waals surface area (Å²) in [5, 5.41) is 10.9. The van der Waals surface area contributed by atoms with Crippen molar-refractivity contribution in [2.75, 3.05) is 11.4 Å². The number of nitro groups is 1. The van der Waals surface area contributed by atoms with Gasteiger partial charge in [0.1, 0.15) is 6.10 Å². The Morgan fingerprint density at radius 1 is 1.23 bits per heavy atom. The molecule has 0 saturated carbocycles. The van der Waals surface area contributed by atoms with E-state index in [2.05, 4.69) is 0 Å². The Labute approximate surface area is 150 Å². The lowest BCUT2D eigenvalue weighted by atomic mass is 10.1. The van der Waals surface area contributed by atoms with E-state index in [1.54, 1.807) is 48.2 Å². The fourth-order valence-electron chi connectivity index (χ4n) is 2.91. The summed E-state index contributed by atoms with van der Waals surface area (Å²) in [6, 6.07) is 12.7. The molecule has 7 heteroatoms. The zero-order valence-electron chi connectivity index (χ0n) is 14.3. The van der Waals surface area contributed by atoms with Crippen molar-refractivity contribution in [3.8, 4) is 0 Å². The van der Waals surface area contributed by atoms with Gasteiger partial charge in [-0.1, -0.05) is 18.2 Å². The summed E-state index contributed by atoms with van der Waals surface area (Å²) >= 11 is 0. The Hall–Kier alpha value is -3.22. The number of hydrogen-bond acceptors (Lipinski definition) is 5. The van der Waals surface area contributed by atoms with Gasteiger partial charge in [0.2, 0.25) is 5.91 Å². The van der Waals surface area contributed by atoms with Crippen molar-refractivity contribution in [3.63, 3.8) is 0 Å². The Kier molecular flexibility index (Phi) is 4.97. The largest absolute Gasteiger partial charge is 0.454 e. The van der Waals surface area contributed by atoms with Gasteiger partial charge in [0.05, 0.1) is 10.5 Å². The molecule has 1 aliphatic heterocycles. The maximum Gasteiger partial charge on any atom is 0.338 e. The molecule has 134 valence electrons. The minimum atomic E-state index is -0.639. The van der Waals surface area contributed by atoms with E-state index in [-0.39, 0.29) is 11.6 Å². The Bertz CT molecular complexity index is 865. The molecule has 2 aromatic rings. The number of carbonyl (C=O) groups is 2. The predicted octanol–water partition coefficient (Wildman–Crippen LogP) is 3.64. The lowest BCUT2D eigenvalue weighted by Crippen LogP contribution is -2.24. The smallest absolute Gasteiger partial charge is 0.338 e. The number of non-ortho nitro benzene ring substituents is 1. The summed E-state index contributed by atoms with van der Waals surface area (Å²) in [6.07, 6.45) is 0.676. The Morgan fingerprint density at radius 2 is 2.00 bits per heavy atom. The number of ether oxygens (including phenoxy) is 1. The number of esters is 1. The number of nitrogens with zero attached hydrogens (tertiary/aromatic N) is 2. The molecule has 0 unspecified atom stereocenters. The fraction of sp³-hybridized carbons (Fsp3) is 0.263. The number of carbonyl (C=O) groups excluding carboxylic acids is 2. The van der Waals surface area contributed by atoms with Crippen molar-refractivity contribution in [2.45, 2.75) is 25.9 Å². The van der Waals surface area contributed by atoms with Crippen LogP contribution in [-0.4, -0.2) is 23.3 Å². The third-order valence-electron chi connectivity index (χ3n) is 4.30. The second kappa shape index (κ2) is 7.35. The SMILES string of the molecule is C[C@H](OC(=O)c1cccc(N2CCCC2=O)c1)c1cccc([N+](=O)[O-])c1. The molecule has 1 aliphatic rings. The third kappa shape index (κ3) is 3.72. The van der Waals surface area contributed by atoms with Crippen molar-refractivity contribution < 1.29 is 19.2 Å². The van der Waals surface area contributed by atoms with Crippen molar-refractivity contribution in [1.29, 1.82) is 0 Å².